The number of rotatable bonds is 10. The van der Waals surface area contributed by atoms with Gasteiger partial charge < -0.3 is 19.9 Å². The van der Waals surface area contributed by atoms with E-state index >= 15 is 0 Å². The number of benzene rings is 2. The molecule has 6 nitrogen and oxygen atoms in total. The highest BCUT2D eigenvalue weighted by molar-refractivity contribution is 5.79. The second-order valence-electron chi connectivity index (χ2n) is 5.74. The topological polar surface area (TPSA) is 84.9 Å². The summed E-state index contributed by atoms with van der Waals surface area (Å²) < 4.78 is 10.9. The zero-order valence-electron chi connectivity index (χ0n) is 14.7. The summed E-state index contributed by atoms with van der Waals surface area (Å²) in [6.07, 6.45) is 0.733. The van der Waals surface area contributed by atoms with Gasteiger partial charge in [0, 0.05) is 0 Å². The van der Waals surface area contributed by atoms with E-state index < -0.39 is 12.0 Å². The van der Waals surface area contributed by atoms with Crippen molar-refractivity contribution in [2.24, 2.45) is 0 Å². The number of aliphatic carboxylic acids is 1. The molecule has 0 aromatic heterocycles. The van der Waals surface area contributed by atoms with Gasteiger partial charge in [0.15, 0.2) is 6.61 Å². The van der Waals surface area contributed by atoms with E-state index in [2.05, 4.69) is 5.32 Å². The average Bonchev–Trinajstić information content (AvgIpc) is 2.65. The fourth-order valence-corrected chi connectivity index (χ4v) is 2.35. The lowest BCUT2D eigenvalue weighted by Gasteiger charge is -2.17. The predicted octanol–water partition coefficient (Wildman–Crippen LogP) is 3.19. The van der Waals surface area contributed by atoms with E-state index in [9.17, 15) is 9.59 Å². The maximum atomic E-state index is 12.1. The van der Waals surface area contributed by atoms with E-state index in [0.29, 0.717) is 12.4 Å². The number of ether oxygens (including phenoxy) is 2. The molecule has 1 unspecified atom stereocenters. The number of hydrogen-bond donors (Lipinski definition) is 2. The fraction of sp³-hybridized carbons (Fsp3) is 0.300. The quantitative estimate of drug-likeness (QED) is 0.682. The van der Waals surface area contributed by atoms with Crippen LogP contribution in [0, 0.1) is 0 Å². The van der Waals surface area contributed by atoms with Crippen LogP contribution in [-0.4, -0.2) is 30.2 Å². The monoisotopic (exact) mass is 357 g/mol. The van der Waals surface area contributed by atoms with Crippen molar-refractivity contribution in [2.45, 2.75) is 25.8 Å². The van der Waals surface area contributed by atoms with Gasteiger partial charge in [0.1, 0.15) is 11.5 Å². The molecule has 0 saturated heterocycles. The van der Waals surface area contributed by atoms with E-state index in [1.54, 1.807) is 48.5 Å². The van der Waals surface area contributed by atoms with Gasteiger partial charge in [-0.05, 0) is 36.2 Å². The first-order valence-electron chi connectivity index (χ1n) is 8.50. The third-order valence-electron chi connectivity index (χ3n) is 3.58. The zero-order chi connectivity index (χ0) is 18.8. The van der Waals surface area contributed by atoms with Crippen LogP contribution in [0.4, 0.5) is 0 Å². The lowest BCUT2D eigenvalue weighted by molar-refractivity contribution is -0.137. The van der Waals surface area contributed by atoms with Crippen molar-refractivity contribution in [3.8, 4) is 11.5 Å². The molecule has 0 aliphatic carbocycles. The molecule has 26 heavy (non-hydrogen) atoms. The summed E-state index contributed by atoms with van der Waals surface area (Å²) in [5, 5.41) is 11.8. The van der Waals surface area contributed by atoms with E-state index in [4.69, 9.17) is 14.6 Å². The number of carbonyl (C=O) groups excluding carboxylic acids is 1. The van der Waals surface area contributed by atoms with Gasteiger partial charge in [-0.25, -0.2) is 0 Å². The minimum Gasteiger partial charge on any atom is -0.494 e. The van der Waals surface area contributed by atoms with Crippen molar-refractivity contribution >= 4 is 11.9 Å². The lowest BCUT2D eigenvalue weighted by Crippen LogP contribution is -2.33. The summed E-state index contributed by atoms with van der Waals surface area (Å²) in [4.78, 5) is 23.2. The highest BCUT2D eigenvalue weighted by Crippen LogP contribution is 2.19. The Hall–Kier alpha value is -3.02. The van der Waals surface area contributed by atoms with Crippen LogP contribution in [0.3, 0.4) is 0 Å². The minimum atomic E-state index is -0.984. The Bertz CT molecular complexity index is 700. The number of carbonyl (C=O) groups is 2. The van der Waals surface area contributed by atoms with Crippen LogP contribution in [0.1, 0.15) is 31.4 Å². The predicted molar refractivity (Wildman–Crippen MR) is 97.3 cm³/mol. The van der Waals surface area contributed by atoms with Crippen LogP contribution in [-0.2, 0) is 9.59 Å². The molecule has 0 aliphatic heterocycles. The Balaban J connectivity index is 1.88. The Morgan fingerprint density at radius 2 is 1.62 bits per heavy atom. The van der Waals surface area contributed by atoms with Gasteiger partial charge in [0.25, 0.3) is 5.91 Å². The molecule has 2 N–H and O–H groups in total. The zero-order valence-corrected chi connectivity index (χ0v) is 14.7. The first-order chi connectivity index (χ1) is 12.6. The van der Waals surface area contributed by atoms with E-state index in [-0.39, 0.29) is 18.9 Å². The molecular weight excluding hydrogens is 334 g/mol. The molecule has 2 aromatic carbocycles. The van der Waals surface area contributed by atoms with Crippen LogP contribution < -0.4 is 14.8 Å². The standard InChI is InChI=1S/C20H23NO5/c1-2-12-25-16-8-10-17(11-9-16)26-14-19(22)21-18(13-20(23)24)15-6-4-3-5-7-15/h3-11,18H,2,12-14H2,1H3,(H,21,22)(H,23,24). The second kappa shape index (κ2) is 10.1. The molecule has 0 heterocycles. The Labute approximate surface area is 152 Å². The molecule has 2 rings (SSSR count). The fourth-order valence-electron chi connectivity index (χ4n) is 2.35. The molecule has 138 valence electrons. The van der Waals surface area contributed by atoms with E-state index in [1.165, 1.54) is 0 Å². The van der Waals surface area contributed by atoms with Crippen LogP contribution >= 0.6 is 0 Å². The van der Waals surface area contributed by atoms with Gasteiger partial charge >= 0.3 is 5.97 Å². The molecule has 1 atom stereocenters. The average molecular weight is 357 g/mol. The van der Waals surface area contributed by atoms with Crippen LogP contribution in [0.15, 0.2) is 54.6 Å². The second-order valence-corrected chi connectivity index (χ2v) is 5.74. The molecule has 0 bridgehead atoms. The first-order valence-corrected chi connectivity index (χ1v) is 8.50. The number of carboxylic acids is 1. The molecule has 0 aliphatic rings. The maximum Gasteiger partial charge on any atom is 0.305 e. The summed E-state index contributed by atoms with van der Waals surface area (Å²) in [7, 11) is 0. The summed E-state index contributed by atoms with van der Waals surface area (Å²) >= 11 is 0. The summed E-state index contributed by atoms with van der Waals surface area (Å²) in [6.45, 7) is 2.48. The summed E-state index contributed by atoms with van der Waals surface area (Å²) in [5.41, 5.74) is 0.737. The highest BCUT2D eigenvalue weighted by atomic mass is 16.5. The molecule has 0 saturated carbocycles. The van der Waals surface area contributed by atoms with Gasteiger partial charge in [-0.2, -0.15) is 0 Å². The molecule has 2 aromatic rings. The van der Waals surface area contributed by atoms with Gasteiger partial charge in [0.05, 0.1) is 19.1 Å². The normalized spacial score (nSPS) is 11.4. The Morgan fingerprint density at radius 1 is 1.00 bits per heavy atom. The largest absolute Gasteiger partial charge is 0.494 e. The molecule has 6 heteroatoms. The van der Waals surface area contributed by atoms with Crippen molar-refractivity contribution in [2.75, 3.05) is 13.2 Å². The minimum absolute atomic E-state index is 0.195. The molecule has 0 spiro atoms. The summed E-state index contributed by atoms with van der Waals surface area (Å²) in [6, 6.07) is 15.4. The molecule has 0 radical (unpaired) electrons. The lowest BCUT2D eigenvalue weighted by atomic mass is 10.0. The Morgan fingerprint density at radius 3 is 2.19 bits per heavy atom. The number of amides is 1. The number of carboxylic acid groups (broad SMARTS) is 1. The number of hydrogen-bond acceptors (Lipinski definition) is 4. The summed E-state index contributed by atoms with van der Waals surface area (Å²) in [5.74, 6) is -0.0816. The van der Waals surface area contributed by atoms with E-state index in [1.807, 2.05) is 13.0 Å². The van der Waals surface area contributed by atoms with Crippen LogP contribution in [0.5, 0.6) is 11.5 Å². The van der Waals surface area contributed by atoms with Crippen LogP contribution in [0.25, 0.3) is 0 Å². The SMILES string of the molecule is CCCOc1ccc(OCC(=O)NC(CC(=O)O)c2ccccc2)cc1. The van der Waals surface area contributed by atoms with Crippen LogP contribution in [0.2, 0.25) is 0 Å². The third kappa shape index (κ3) is 6.47. The van der Waals surface area contributed by atoms with Crippen molar-refractivity contribution in [1.29, 1.82) is 0 Å². The van der Waals surface area contributed by atoms with E-state index in [0.717, 1.165) is 17.7 Å². The van der Waals surface area contributed by atoms with Gasteiger partial charge in [-0.15, -0.1) is 0 Å². The smallest absolute Gasteiger partial charge is 0.305 e. The highest BCUT2D eigenvalue weighted by Gasteiger charge is 2.18. The van der Waals surface area contributed by atoms with Gasteiger partial charge in [0.2, 0.25) is 0 Å². The first kappa shape index (κ1) is 19.3. The van der Waals surface area contributed by atoms with Crippen molar-refractivity contribution in [3.63, 3.8) is 0 Å². The maximum absolute atomic E-state index is 12.1. The van der Waals surface area contributed by atoms with Crippen molar-refractivity contribution in [3.05, 3.63) is 60.2 Å². The third-order valence-corrected chi connectivity index (χ3v) is 3.58. The molecule has 1 amide bonds. The van der Waals surface area contributed by atoms with Crippen molar-refractivity contribution < 1.29 is 24.2 Å². The van der Waals surface area contributed by atoms with Gasteiger partial charge in [-0.3, -0.25) is 9.59 Å². The molecular formula is C20H23NO5. The van der Waals surface area contributed by atoms with Gasteiger partial charge in [-0.1, -0.05) is 37.3 Å². The molecule has 0 fully saturated rings. The Kier molecular flexibility index (Phi) is 7.49. The van der Waals surface area contributed by atoms with Crippen molar-refractivity contribution in [1.82, 2.24) is 5.32 Å². The number of nitrogens with one attached hydrogen (secondary N) is 1.